The minimum atomic E-state index is -0.0444. The number of piperidine rings is 1. The summed E-state index contributed by atoms with van der Waals surface area (Å²) < 4.78 is 0. The van der Waals surface area contributed by atoms with Crippen LogP contribution < -0.4 is 5.32 Å². The van der Waals surface area contributed by atoms with E-state index in [-0.39, 0.29) is 17.7 Å². The van der Waals surface area contributed by atoms with Crippen LogP contribution >= 0.6 is 11.3 Å². The average Bonchev–Trinajstić information content (AvgIpc) is 3.08. The minimum absolute atomic E-state index is 0.0377. The average molecular weight is 423 g/mol. The summed E-state index contributed by atoms with van der Waals surface area (Å²) in [5, 5.41) is 4.02. The fourth-order valence-electron chi connectivity index (χ4n) is 4.10. The van der Waals surface area contributed by atoms with Gasteiger partial charge in [-0.05, 0) is 44.7 Å². The van der Waals surface area contributed by atoms with Crippen molar-refractivity contribution in [3.63, 3.8) is 0 Å². The first-order valence-electron chi connectivity index (χ1n) is 10.3. The number of likely N-dealkylation sites (tertiary alicyclic amines) is 1. The predicted octanol–water partition coefficient (Wildman–Crippen LogP) is 3.79. The molecule has 1 aliphatic heterocycles. The van der Waals surface area contributed by atoms with Gasteiger partial charge in [0.25, 0.3) is 5.91 Å². The Labute approximate surface area is 180 Å². The van der Waals surface area contributed by atoms with Crippen LogP contribution in [0.1, 0.15) is 45.2 Å². The molecule has 2 aromatic heterocycles. The first-order chi connectivity index (χ1) is 14.4. The number of hydrogen-bond acceptors (Lipinski definition) is 5. The van der Waals surface area contributed by atoms with Crippen molar-refractivity contribution in [1.29, 1.82) is 0 Å². The van der Waals surface area contributed by atoms with Gasteiger partial charge in [-0.25, -0.2) is 9.97 Å². The number of hydrogen-bond donors (Lipinski definition) is 1. The van der Waals surface area contributed by atoms with E-state index in [0.717, 1.165) is 37.7 Å². The molecule has 6 nitrogen and oxygen atoms in total. The molecule has 0 atom stereocenters. The fraction of sp³-hybridized carbons (Fsp3) is 0.391. The van der Waals surface area contributed by atoms with Crippen LogP contribution in [0.2, 0.25) is 0 Å². The Morgan fingerprint density at radius 3 is 2.50 bits per heavy atom. The molecule has 156 valence electrons. The predicted molar refractivity (Wildman–Crippen MR) is 119 cm³/mol. The molecule has 0 unspecified atom stereocenters. The van der Waals surface area contributed by atoms with Crippen LogP contribution in [0.15, 0.2) is 30.3 Å². The third kappa shape index (κ3) is 4.07. The standard InChI is InChI=1S/C23H26N4O2S/c1-14-19-15(2)25-16(3)26-22(19)30-20(14)23(29)27-11-9-18(10-12-27)21(28)24-13-17-7-5-4-6-8-17/h4-8,18H,9-13H2,1-3H3,(H,24,28). The van der Waals surface area contributed by atoms with E-state index >= 15 is 0 Å². The third-order valence-electron chi connectivity index (χ3n) is 5.74. The quantitative estimate of drug-likeness (QED) is 0.694. The Kier molecular flexibility index (Phi) is 5.81. The van der Waals surface area contributed by atoms with Crippen LogP contribution in [-0.2, 0) is 11.3 Å². The molecule has 0 saturated carbocycles. The van der Waals surface area contributed by atoms with E-state index in [0.29, 0.717) is 32.5 Å². The zero-order valence-electron chi connectivity index (χ0n) is 17.6. The highest BCUT2D eigenvalue weighted by Crippen LogP contribution is 2.33. The van der Waals surface area contributed by atoms with E-state index in [2.05, 4.69) is 15.3 Å². The maximum absolute atomic E-state index is 13.2. The second-order valence-corrected chi connectivity index (χ2v) is 8.86. The van der Waals surface area contributed by atoms with Crippen molar-refractivity contribution >= 4 is 33.4 Å². The summed E-state index contributed by atoms with van der Waals surface area (Å²) in [4.78, 5) is 38.1. The molecule has 0 aliphatic carbocycles. The molecule has 30 heavy (non-hydrogen) atoms. The Morgan fingerprint density at radius 1 is 1.10 bits per heavy atom. The minimum Gasteiger partial charge on any atom is -0.352 e. The number of nitrogens with zero attached hydrogens (tertiary/aromatic N) is 3. The third-order valence-corrected chi connectivity index (χ3v) is 6.91. The van der Waals surface area contributed by atoms with Gasteiger partial charge >= 0.3 is 0 Å². The van der Waals surface area contributed by atoms with Crippen LogP contribution in [0.5, 0.6) is 0 Å². The van der Waals surface area contributed by atoms with Crippen molar-refractivity contribution in [3.8, 4) is 0 Å². The zero-order valence-corrected chi connectivity index (χ0v) is 18.4. The lowest BCUT2D eigenvalue weighted by atomic mass is 9.95. The highest BCUT2D eigenvalue weighted by Gasteiger charge is 2.29. The van der Waals surface area contributed by atoms with Crippen LogP contribution in [0, 0.1) is 26.7 Å². The Bertz CT molecular complexity index is 1090. The lowest BCUT2D eigenvalue weighted by Gasteiger charge is -2.31. The number of rotatable bonds is 4. The first kappa shape index (κ1) is 20.5. The molecule has 3 heterocycles. The van der Waals surface area contributed by atoms with Crippen LogP contribution in [0.4, 0.5) is 0 Å². The lowest BCUT2D eigenvalue weighted by molar-refractivity contribution is -0.126. The largest absolute Gasteiger partial charge is 0.352 e. The van der Waals surface area contributed by atoms with E-state index < -0.39 is 0 Å². The van der Waals surface area contributed by atoms with Gasteiger partial charge in [-0.15, -0.1) is 11.3 Å². The smallest absolute Gasteiger partial charge is 0.264 e. The molecule has 1 fully saturated rings. The molecule has 2 amide bonds. The van der Waals surface area contributed by atoms with E-state index in [1.807, 2.05) is 56.0 Å². The van der Waals surface area contributed by atoms with Gasteiger partial charge < -0.3 is 10.2 Å². The van der Waals surface area contributed by atoms with E-state index in [1.165, 1.54) is 11.3 Å². The number of thiophene rings is 1. The number of aromatic nitrogens is 2. The summed E-state index contributed by atoms with van der Waals surface area (Å²) >= 11 is 1.45. The number of aryl methyl sites for hydroxylation is 3. The summed E-state index contributed by atoms with van der Waals surface area (Å²) in [5.41, 5.74) is 2.96. The van der Waals surface area contributed by atoms with E-state index in [1.54, 1.807) is 0 Å². The van der Waals surface area contributed by atoms with Crippen molar-refractivity contribution in [1.82, 2.24) is 20.2 Å². The van der Waals surface area contributed by atoms with Gasteiger partial charge in [0.15, 0.2) is 0 Å². The highest BCUT2D eigenvalue weighted by molar-refractivity contribution is 7.20. The SMILES string of the molecule is Cc1nc(C)c2c(C)c(C(=O)N3CCC(C(=O)NCc4ccccc4)CC3)sc2n1. The summed E-state index contributed by atoms with van der Waals surface area (Å²) in [6.45, 7) is 7.54. The number of carbonyl (C=O) groups is 2. The second kappa shape index (κ2) is 8.52. The molecular weight excluding hydrogens is 396 g/mol. The van der Waals surface area contributed by atoms with Gasteiger partial charge in [0.2, 0.25) is 5.91 Å². The Morgan fingerprint density at radius 2 is 1.80 bits per heavy atom. The number of benzene rings is 1. The van der Waals surface area contributed by atoms with Gasteiger partial charge in [0, 0.05) is 36.6 Å². The molecule has 0 spiro atoms. The molecule has 1 N–H and O–H groups in total. The van der Waals surface area contributed by atoms with Gasteiger partial charge in [-0.3, -0.25) is 9.59 Å². The number of amides is 2. The van der Waals surface area contributed by atoms with Gasteiger partial charge in [-0.2, -0.15) is 0 Å². The topological polar surface area (TPSA) is 75.2 Å². The van der Waals surface area contributed by atoms with Gasteiger partial charge in [0.1, 0.15) is 10.7 Å². The van der Waals surface area contributed by atoms with E-state index in [9.17, 15) is 9.59 Å². The first-order valence-corrected chi connectivity index (χ1v) is 11.1. The number of carbonyl (C=O) groups excluding carboxylic acids is 2. The number of nitrogens with one attached hydrogen (secondary N) is 1. The highest BCUT2D eigenvalue weighted by atomic mass is 32.1. The maximum Gasteiger partial charge on any atom is 0.264 e. The van der Waals surface area contributed by atoms with Crippen molar-refractivity contribution in [3.05, 3.63) is 57.9 Å². The molecular formula is C23H26N4O2S. The molecule has 1 aromatic carbocycles. The monoisotopic (exact) mass is 422 g/mol. The maximum atomic E-state index is 13.2. The van der Waals surface area contributed by atoms with Crippen molar-refractivity contribution in [2.75, 3.05) is 13.1 Å². The van der Waals surface area contributed by atoms with Crippen LogP contribution in [0.25, 0.3) is 10.2 Å². The Hall–Kier alpha value is -2.80. The van der Waals surface area contributed by atoms with Crippen molar-refractivity contribution < 1.29 is 9.59 Å². The normalized spacial score (nSPS) is 14.8. The molecule has 4 rings (SSSR count). The molecule has 1 aliphatic rings. The van der Waals surface area contributed by atoms with Gasteiger partial charge in [0.05, 0.1) is 4.88 Å². The van der Waals surface area contributed by atoms with Crippen molar-refractivity contribution in [2.45, 2.75) is 40.2 Å². The van der Waals surface area contributed by atoms with Crippen LogP contribution in [-0.4, -0.2) is 39.8 Å². The molecule has 0 radical (unpaired) electrons. The summed E-state index contributed by atoms with van der Waals surface area (Å²) in [7, 11) is 0. The summed E-state index contributed by atoms with van der Waals surface area (Å²) in [6.07, 6.45) is 1.38. The zero-order chi connectivity index (χ0) is 21.3. The molecule has 1 saturated heterocycles. The summed E-state index contributed by atoms with van der Waals surface area (Å²) in [5.74, 6) is 0.792. The molecule has 3 aromatic rings. The number of fused-ring (bicyclic) bond motifs is 1. The lowest BCUT2D eigenvalue weighted by Crippen LogP contribution is -2.42. The summed E-state index contributed by atoms with van der Waals surface area (Å²) in [6, 6.07) is 9.91. The van der Waals surface area contributed by atoms with Gasteiger partial charge in [-0.1, -0.05) is 30.3 Å². The van der Waals surface area contributed by atoms with Crippen LogP contribution in [0.3, 0.4) is 0 Å². The molecule has 0 bridgehead atoms. The Balaban J connectivity index is 1.39. The molecule has 7 heteroatoms. The second-order valence-electron chi connectivity index (χ2n) is 7.86. The van der Waals surface area contributed by atoms with E-state index in [4.69, 9.17) is 0 Å². The van der Waals surface area contributed by atoms with Crippen molar-refractivity contribution in [2.24, 2.45) is 5.92 Å². The fourth-order valence-corrected chi connectivity index (χ4v) is 5.34.